The standard InChI is InChI=1S/C13H20N2O5/c16-11-3-1-9(5-14-11)7-19-13(18)20-8-10-2-4-12(17)15-6-10/h9-10H,1-8H2,(H,14,16)(H,15,17). The van der Waals surface area contributed by atoms with Gasteiger partial charge >= 0.3 is 6.16 Å². The highest BCUT2D eigenvalue weighted by atomic mass is 16.7. The zero-order valence-corrected chi connectivity index (χ0v) is 11.4. The molecule has 2 aliphatic rings. The molecule has 2 aliphatic heterocycles. The van der Waals surface area contributed by atoms with Crippen molar-refractivity contribution in [2.45, 2.75) is 25.7 Å². The minimum absolute atomic E-state index is 0.0446. The summed E-state index contributed by atoms with van der Waals surface area (Å²) in [7, 11) is 0. The van der Waals surface area contributed by atoms with Crippen molar-refractivity contribution in [2.24, 2.45) is 11.8 Å². The van der Waals surface area contributed by atoms with E-state index in [1.165, 1.54) is 0 Å². The molecule has 2 amide bonds. The van der Waals surface area contributed by atoms with Crippen LogP contribution < -0.4 is 10.6 Å². The lowest BCUT2D eigenvalue weighted by atomic mass is 10.0. The topological polar surface area (TPSA) is 93.7 Å². The zero-order chi connectivity index (χ0) is 14.4. The van der Waals surface area contributed by atoms with Crippen LogP contribution in [0.1, 0.15) is 25.7 Å². The van der Waals surface area contributed by atoms with Crippen molar-refractivity contribution < 1.29 is 23.9 Å². The molecule has 2 unspecified atom stereocenters. The van der Waals surface area contributed by atoms with Crippen molar-refractivity contribution >= 4 is 18.0 Å². The SMILES string of the molecule is O=C1CCC(COC(=O)OCC2CCC(=O)NC2)CN1. The number of hydrogen-bond acceptors (Lipinski definition) is 5. The van der Waals surface area contributed by atoms with E-state index < -0.39 is 6.16 Å². The monoisotopic (exact) mass is 284 g/mol. The Morgan fingerprint density at radius 1 is 0.950 bits per heavy atom. The molecule has 0 spiro atoms. The van der Waals surface area contributed by atoms with E-state index in [2.05, 4.69) is 10.6 Å². The molecular weight excluding hydrogens is 264 g/mol. The van der Waals surface area contributed by atoms with Gasteiger partial charge in [0.1, 0.15) is 0 Å². The van der Waals surface area contributed by atoms with Gasteiger partial charge < -0.3 is 20.1 Å². The Balaban J connectivity index is 1.56. The highest BCUT2D eigenvalue weighted by molar-refractivity contribution is 5.77. The average Bonchev–Trinajstić information content (AvgIpc) is 2.46. The summed E-state index contributed by atoms with van der Waals surface area (Å²) in [5, 5.41) is 5.46. The molecule has 0 aromatic rings. The Hall–Kier alpha value is -1.79. The molecule has 7 heteroatoms. The highest BCUT2D eigenvalue weighted by Gasteiger charge is 2.22. The first kappa shape index (κ1) is 14.6. The molecule has 0 bridgehead atoms. The van der Waals surface area contributed by atoms with Gasteiger partial charge in [0.25, 0.3) is 0 Å². The van der Waals surface area contributed by atoms with Gasteiger partial charge in [0.05, 0.1) is 13.2 Å². The normalized spacial score (nSPS) is 26.4. The second kappa shape index (κ2) is 7.12. The molecule has 0 aliphatic carbocycles. The summed E-state index contributed by atoms with van der Waals surface area (Å²) in [5.74, 6) is 0.412. The molecule has 0 radical (unpaired) electrons. The van der Waals surface area contributed by atoms with E-state index in [0.29, 0.717) is 25.9 Å². The summed E-state index contributed by atoms with van der Waals surface area (Å²) >= 11 is 0. The van der Waals surface area contributed by atoms with Crippen LogP contribution in [0.15, 0.2) is 0 Å². The summed E-state index contributed by atoms with van der Waals surface area (Å²) < 4.78 is 10.1. The van der Waals surface area contributed by atoms with Crippen LogP contribution in [0.5, 0.6) is 0 Å². The van der Waals surface area contributed by atoms with Gasteiger partial charge in [-0.3, -0.25) is 9.59 Å². The molecule has 0 aromatic heterocycles. The van der Waals surface area contributed by atoms with Crippen LogP contribution in [0.3, 0.4) is 0 Å². The number of rotatable bonds is 4. The minimum Gasteiger partial charge on any atom is -0.434 e. The van der Waals surface area contributed by atoms with Gasteiger partial charge in [0, 0.05) is 37.8 Å². The van der Waals surface area contributed by atoms with Crippen molar-refractivity contribution in [3.8, 4) is 0 Å². The van der Waals surface area contributed by atoms with Crippen molar-refractivity contribution in [3.63, 3.8) is 0 Å². The fourth-order valence-electron chi connectivity index (χ4n) is 2.27. The van der Waals surface area contributed by atoms with E-state index in [1.807, 2.05) is 0 Å². The van der Waals surface area contributed by atoms with E-state index in [4.69, 9.17) is 9.47 Å². The van der Waals surface area contributed by atoms with E-state index >= 15 is 0 Å². The van der Waals surface area contributed by atoms with E-state index in [9.17, 15) is 14.4 Å². The van der Waals surface area contributed by atoms with Gasteiger partial charge in [-0.1, -0.05) is 0 Å². The van der Waals surface area contributed by atoms with Gasteiger partial charge in [-0.2, -0.15) is 0 Å². The molecule has 20 heavy (non-hydrogen) atoms. The molecule has 7 nitrogen and oxygen atoms in total. The van der Waals surface area contributed by atoms with Crippen molar-refractivity contribution in [2.75, 3.05) is 26.3 Å². The third-order valence-electron chi connectivity index (χ3n) is 3.61. The molecule has 2 fully saturated rings. The minimum atomic E-state index is -0.682. The van der Waals surface area contributed by atoms with Gasteiger partial charge in [0.15, 0.2) is 0 Å². The molecule has 112 valence electrons. The number of ether oxygens (including phenoxy) is 2. The van der Waals surface area contributed by atoms with Crippen molar-refractivity contribution in [1.29, 1.82) is 0 Å². The second-order valence-electron chi connectivity index (χ2n) is 5.29. The molecule has 2 rings (SSSR count). The van der Waals surface area contributed by atoms with Crippen LogP contribution in [0.25, 0.3) is 0 Å². The van der Waals surface area contributed by atoms with Crippen LogP contribution in [0, 0.1) is 11.8 Å². The number of piperidine rings is 2. The van der Waals surface area contributed by atoms with Crippen LogP contribution in [0.2, 0.25) is 0 Å². The largest absolute Gasteiger partial charge is 0.508 e. The Morgan fingerprint density at radius 3 is 1.75 bits per heavy atom. The Labute approximate surface area is 117 Å². The molecule has 2 atom stereocenters. The quantitative estimate of drug-likeness (QED) is 0.719. The van der Waals surface area contributed by atoms with E-state index in [0.717, 1.165) is 12.8 Å². The number of carbonyl (C=O) groups excluding carboxylic acids is 3. The summed E-state index contributed by atoms with van der Waals surface area (Å²) in [5.41, 5.74) is 0. The molecule has 0 saturated carbocycles. The summed E-state index contributed by atoms with van der Waals surface area (Å²) in [4.78, 5) is 33.4. The maximum atomic E-state index is 11.4. The fourth-order valence-corrected chi connectivity index (χ4v) is 2.27. The first-order valence-electron chi connectivity index (χ1n) is 6.96. The molecule has 2 heterocycles. The summed E-state index contributed by atoms with van der Waals surface area (Å²) in [6, 6.07) is 0. The average molecular weight is 284 g/mol. The van der Waals surface area contributed by atoms with E-state index in [-0.39, 0.29) is 36.9 Å². The number of carbonyl (C=O) groups is 3. The van der Waals surface area contributed by atoms with Crippen LogP contribution >= 0.6 is 0 Å². The van der Waals surface area contributed by atoms with Crippen LogP contribution in [-0.4, -0.2) is 44.3 Å². The first-order valence-corrected chi connectivity index (χ1v) is 6.96. The third-order valence-corrected chi connectivity index (χ3v) is 3.61. The Morgan fingerprint density at radius 2 is 1.40 bits per heavy atom. The lowest BCUT2D eigenvalue weighted by Crippen LogP contribution is -2.38. The van der Waals surface area contributed by atoms with Crippen molar-refractivity contribution in [1.82, 2.24) is 10.6 Å². The first-order chi connectivity index (χ1) is 9.63. The highest BCUT2D eigenvalue weighted by Crippen LogP contribution is 2.13. The van der Waals surface area contributed by atoms with Gasteiger partial charge in [-0.25, -0.2) is 4.79 Å². The number of nitrogens with one attached hydrogen (secondary N) is 2. The van der Waals surface area contributed by atoms with Crippen molar-refractivity contribution in [3.05, 3.63) is 0 Å². The molecule has 0 aromatic carbocycles. The van der Waals surface area contributed by atoms with Gasteiger partial charge in [-0.05, 0) is 12.8 Å². The predicted molar refractivity (Wildman–Crippen MR) is 68.8 cm³/mol. The van der Waals surface area contributed by atoms with Gasteiger partial charge in [-0.15, -0.1) is 0 Å². The third kappa shape index (κ3) is 4.71. The molecular formula is C13H20N2O5. The predicted octanol–water partition coefficient (Wildman–Crippen LogP) is 0.192. The summed E-state index contributed by atoms with van der Waals surface area (Å²) in [6.07, 6.45) is 1.73. The van der Waals surface area contributed by atoms with Crippen LogP contribution in [0.4, 0.5) is 4.79 Å². The lowest BCUT2D eigenvalue weighted by molar-refractivity contribution is -0.123. The zero-order valence-electron chi connectivity index (χ0n) is 11.4. The second-order valence-corrected chi connectivity index (χ2v) is 5.29. The maximum Gasteiger partial charge on any atom is 0.508 e. The smallest absolute Gasteiger partial charge is 0.434 e. The number of hydrogen-bond donors (Lipinski definition) is 2. The Kier molecular flexibility index (Phi) is 5.20. The van der Waals surface area contributed by atoms with E-state index in [1.54, 1.807) is 0 Å². The fraction of sp³-hybridized carbons (Fsp3) is 0.769. The number of amides is 2. The molecule has 2 saturated heterocycles. The summed E-state index contributed by atoms with van der Waals surface area (Å²) in [6.45, 7) is 1.61. The Bertz CT molecular complexity index is 331. The lowest BCUT2D eigenvalue weighted by Gasteiger charge is -2.23. The van der Waals surface area contributed by atoms with Crippen LogP contribution in [-0.2, 0) is 19.1 Å². The maximum absolute atomic E-state index is 11.4. The van der Waals surface area contributed by atoms with Gasteiger partial charge in [0.2, 0.25) is 11.8 Å². The molecule has 2 N–H and O–H groups in total.